The van der Waals surface area contributed by atoms with Crippen molar-refractivity contribution < 1.29 is 24.1 Å². The largest absolute Gasteiger partial charge is 0.494 e. The molecule has 42 heavy (non-hydrogen) atoms. The van der Waals surface area contributed by atoms with E-state index in [1.807, 2.05) is 47.5 Å². The molecule has 218 valence electrons. The van der Waals surface area contributed by atoms with Gasteiger partial charge in [0.25, 0.3) is 5.91 Å². The van der Waals surface area contributed by atoms with Gasteiger partial charge in [-0.05, 0) is 47.5 Å². The molecule has 3 aromatic rings. The van der Waals surface area contributed by atoms with E-state index in [1.165, 1.54) is 0 Å². The summed E-state index contributed by atoms with van der Waals surface area (Å²) in [6, 6.07) is 22.0. The van der Waals surface area contributed by atoms with Crippen LogP contribution in [0.25, 0.3) is 10.4 Å². The molecule has 12 heteroatoms. The van der Waals surface area contributed by atoms with E-state index in [4.69, 9.17) is 24.3 Å². The van der Waals surface area contributed by atoms with Crippen molar-refractivity contribution in [2.24, 2.45) is 10.1 Å². The van der Waals surface area contributed by atoms with Crippen LogP contribution >= 0.6 is 15.9 Å². The van der Waals surface area contributed by atoms with Crippen molar-refractivity contribution in [2.75, 3.05) is 39.5 Å². The Morgan fingerprint density at radius 1 is 1.14 bits per heavy atom. The Labute approximate surface area is 251 Å². The van der Waals surface area contributed by atoms with Gasteiger partial charge >= 0.3 is 0 Å². The molecular formula is C30H31BrN6O5. The lowest BCUT2D eigenvalue weighted by Crippen LogP contribution is -2.57. The molecule has 1 saturated heterocycles. The first-order valence-electron chi connectivity index (χ1n) is 13.7. The third-order valence-electron chi connectivity index (χ3n) is 7.06. The maximum atomic E-state index is 14.4. The van der Waals surface area contributed by atoms with Gasteiger partial charge in [0.15, 0.2) is 11.6 Å². The Hall–Kier alpha value is -3.93. The van der Waals surface area contributed by atoms with Gasteiger partial charge in [-0.3, -0.25) is 10.2 Å². The minimum absolute atomic E-state index is 0.0500. The van der Waals surface area contributed by atoms with E-state index in [9.17, 15) is 10.3 Å². The number of rotatable bonds is 11. The monoisotopic (exact) mass is 634 g/mol. The standard InChI is InChI=1S/C30H31BrN6O5/c31-23-10-6-21(7-11-23)20-30(29(39)35-37-14-18-40-19-15-37)27(25-4-1-2-5-26(25)34-36-32)42-28(33-30)22-8-12-24(13-9-22)41-17-3-16-38/h1-2,4-13,27,38H,3,14-20H2,(H,35,39)/t27-,30-/m0/s1. The molecule has 0 aromatic heterocycles. The number of hydrogen-bond acceptors (Lipinski definition) is 8. The summed E-state index contributed by atoms with van der Waals surface area (Å²) in [5, 5.41) is 14.8. The highest BCUT2D eigenvalue weighted by molar-refractivity contribution is 9.10. The van der Waals surface area contributed by atoms with Gasteiger partial charge in [-0.2, -0.15) is 0 Å². The van der Waals surface area contributed by atoms with Gasteiger partial charge in [-0.1, -0.05) is 57.4 Å². The van der Waals surface area contributed by atoms with Crippen molar-refractivity contribution in [3.63, 3.8) is 0 Å². The third kappa shape index (κ3) is 6.75. The number of ether oxygens (including phenoxy) is 3. The van der Waals surface area contributed by atoms with Crippen LogP contribution in [0, 0.1) is 0 Å². The molecule has 0 spiro atoms. The quantitative estimate of drug-likeness (QED) is 0.131. The summed E-state index contributed by atoms with van der Waals surface area (Å²) in [4.78, 5) is 22.5. The number of amides is 1. The zero-order valence-corrected chi connectivity index (χ0v) is 24.4. The second kappa shape index (κ2) is 13.8. The highest BCUT2D eigenvalue weighted by Crippen LogP contribution is 2.45. The predicted octanol–water partition coefficient (Wildman–Crippen LogP) is 5.02. The molecule has 0 unspecified atom stereocenters. The van der Waals surface area contributed by atoms with Crippen LogP contribution in [0.2, 0.25) is 0 Å². The molecule has 1 fully saturated rings. The lowest BCUT2D eigenvalue weighted by molar-refractivity contribution is -0.136. The highest BCUT2D eigenvalue weighted by atomic mass is 79.9. The summed E-state index contributed by atoms with van der Waals surface area (Å²) in [6.45, 7) is 2.52. The molecule has 0 aliphatic carbocycles. The van der Waals surface area contributed by atoms with Gasteiger partial charge < -0.3 is 19.3 Å². The molecule has 1 amide bonds. The van der Waals surface area contributed by atoms with Crippen molar-refractivity contribution >= 4 is 33.4 Å². The Bertz CT molecular complexity index is 1460. The van der Waals surface area contributed by atoms with Gasteiger partial charge in [-0.15, -0.1) is 0 Å². The number of morpholine rings is 1. The SMILES string of the molecule is [N-]=[N+]=Nc1ccccc1[C@@H]1OC(c2ccc(OCCCO)cc2)=N[C@]1(Cc1ccc(Br)cc1)C(=O)NN1CCOCC1. The van der Waals surface area contributed by atoms with Crippen molar-refractivity contribution in [3.05, 3.63) is 104 Å². The number of hydrogen-bond donors (Lipinski definition) is 2. The number of aliphatic imine (C=N–C) groups is 1. The zero-order chi connectivity index (χ0) is 29.4. The lowest BCUT2D eigenvalue weighted by atomic mass is 9.81. The number of hydrazine groups is 1. The van der Waals surface area contributed by atoms with Crippen LogP contribution in [0.3, 0.4) is 0 Å². The average molecular weight is 636 g/mol. The maximum absolute atomic E-state index is 14.4. The first kappa shape index (κ1) is 29.6. The number of benzene rings is 3. The zero-order valence-electron chi connectivity index (χ0n) is 22.9. The predicted molar refractivity (Wildman–Crippen MR) is 160 cm³/mol. The topological polar surface area (TPSA) is 141 Å². The van der Waals surface area contributed by atoms with E-state index in [1.54, 1.807) is 30.3 Å². The molecule has 0 saturated carbocycles. The molecule has 5 rings (SSSR count). The summed E-state index contributed by atoms with van der Waals surface area (Å²) >= 11 is 3.49. The highest BCUT2D eigenvalue weighted by Gasteiger charge is 2.54. The fraction of sp³-hybridized carbons (Fsp3) is 0.333. The molecule has 11 nitrogen and oxygen atoms in total. The van der Waals surface area contributed by atoms with Gasteiger partial charge in [0.1, 0.15) is 5.75 Å². The Kier molecular flexibility index (Phi) is 9.73. The van der Waals surface area contributed by atoms with Crippen molar-refractivity contribution in [3.8, 4) is 5.75 Å². The minimum atomic E-state index is -1.45. The molecule has 2 heterocycles. The van der Waals surface area contributed by atoms with Crippen molar-refractivity contribution in [2.45, 2.75) is 24.5 Å². The fourth-order valence-electron chi connectivity index (χ4n) is 4.94. The van der Waals surface area contributed by atoms with E-state index in [-0.39, 0.29) is 24.8 Å². The van der Waals surface area contributed by atoms with E-state index in [2.05, 4.69) is 31.4 Å². The Balaban J connectivity index is 1.60. The summed E-state index contributed by atoms with van der Waals surface area (Å²) in [5.74, 6) is 0.584. The van der Waals surface area contributed by atoms with Gasteiger partial charge in [0.05, 0.1) is 19.8 Å². The first-order chi connectivity index (χ1) is 20.5. The number of halogens is 1. The lowest BCUT2D eigenvalue weighted by Gasteiger charge is -2.35. The smallest absolute Gasteiger partial charge is 0.266 e. The van der Waals surface area contributed by atoms with Crippen LogP contribution in [-0.4, -0.2) is 67.0 Å². The molecule has 2 atom stereocenters. The first-order valence-corrected chi connectivity index (χ1v) is 14.4. The summed E-state index contributed by atoms with van der Waals surface area (Å²) in [7, 11) is 0. The van der Waals surface area contributed by atoms with Crippen molar-refractivity contribution in [1.29, 1.82) is 0 Å². The molecule has 0 radical (unpaired) electrons. The fourth-order valence-corrected chi connectivity index (χ4v) is 5.20. The van der Waals surface area contributed by atoms with Crippen LogP contribution in [0.15, 0.2) is 87.4 Å². The van der Waals surface area contributed by atoms with Crippen LogP contribution in [-0.2, 0) is 20.7 Å². The summed E-state index contributed by atoms with van der Waals surface area (Å²) < 4.78 is 18.6. The van der Waals surface area contributed by atoms with E-state index >= 15 is 0 Å². The molecular weight excluding hydrogens is 604 g/mol. The second-order valence-electron chi connectivity index (χ2n) is 9.88. The average Bonchev–Trinajstić information content (AvgIpc) is 3.40. The number of aliphatic hydroxyl groups excluding tert-OH is 1. The number of nitrogens with one attached hydrogen (secondary N) is 1. The minimum Gasteiger partial charge on any atom is -0.494 e. The van der Waals surface area contributed by atoms with Gasteiger partial charge in [-0.25, -0.2) is 10.0 Å². The van der Waals surface area contributed by atoms with E-state index in [0.717, 1.165) is 10.0 Å². The van der Waals surface area contributed by atoms with E-state index < -0.39 is 11.6 Å². The number of carbonyl (C=O) groups excluding carboxylic acids is 1. The summed E-state index contributed by atoms with van der Waals surface area (Å²) in [6.07, 6.45) is -0.155. The summed E-state index contributed by atoms with van der Waals surface area (Å²) in [5.41, 5.74) is 13.4. The number of nitrogens with zero attached hydrogens (tertiary/aromatic N) is 5. The normalized spacial score (nSPS) is 20.2. The molecule has 0 bridgehead atoms. The van der Waals surface area contributed by atoms with Crippen LogP contribution in [0.5, 0.6) is 5.75 Å². The number of azide groups is 1. The number of aliphatic hydroxyl groups is 1. The third-order valence-corrected chi connectivity index (χ3v) is 7.59. The molecule has 2 aliphatic rings. The van der Waals surface area contributed by atoms with E-state index in [0.29, 0.717) is 61.9 Å². The van der Waals surface area contributed by atoms with Crippen LogP contribution in [0.4, 0.5) is 5.69 Å². The van der Waals surface area contributed by atoms with Gasteiger partial charge in [0, 0.05) is 58.7 Å². The Morgan fingerprint density at radius 2 is 1.88 bits per heavy atom. The van der Waals surface area contributed by atoms with Crippen molar-refractivity contribution in [1.82, 2.24) is 10.4 Å². The maximum Gasteiger partial charge on any atom is 0.266 e. The number of carbonyl (C=O) groups is 1. The Morgan fingerprint density at radius 3 is 2.60 bits per heavy atom. The van der Waals surface area contributed by atoms with Gasteiger partial charge in [0.2, 0.25) is 5.90 Å². The molecule has 3 aromatic carbocycles. The molecule has 2 aliphatic heterocycles. The van der Waals surface area contributed by atoms with Crippen LogP contribution < -0.4 is 10.2 Å². The second-order valence-corrected chi connectivity index (χ2v) is 10.8. The van der Waals surface area contributed by atoms with Crippen LogP contribution in [0.1, 0.15) is 29.2 Å². The molecule has 2 N–H and O–H groups in total.